The number of Topliss-reactive ketones (excluding diaryl/α,β-unsaturated/α-hetero) is 1. The Morgan fingerprint density at radius 2 is 2.12 bits per heavy atom. The quantitative estimate of drug-likeness (QED) is 0.778. The average Bonchev–Trinajstić information content (AvgIpc) is 2.89. The highest BCUT2D eigenvalue weighted by molar-refractivity contribution is 5.84. The molecule has 2 N–H and O–H groups in total. The Hall–Kier alpha value is -0.370. The van der Waals surface area contributed by atoms with Crippen molar-refractivity contribution in [1.29, 1.82) is 0 Å². The molecule has 2 rings (SSSR count). The second kappa shape index (κ2) is 4.48. The van der Waals surface area contributed by atoms with Crippen LogP contribution in [0.4, 0.5) is 0 Å². The van der Waals surface area contributed by atoms with E-state index in [-0.39, 0.29) is 5.41 Å². The van der Waals surface area contributed by atoms with Crippen LogP contribution in [0.3, 0.4) is 0 Å². The SMILES string of the molecule is CCC(C)(CN)C(=O)CC1CC2CCC1C2. The number of hydrogen-bond donors (Lipinski definition) is 1. The molecule has 0 aromatic rings. The first-order valence-corrected chi connectivity index (χ1v) is 6.82. The summed E-state index contributed by atoms with van der Waals surface area (Å²) in [6, 6.07) is 0. The summed E-state index contributed by atoms with van der Waals surface area (Å²) < 4.78 is 0. The van der Waals surface area contributed by atoms with Crippen LogP contribution in [-0.4, -0.2) is 12.3 Å². The molecule has 0 aromatic carbocycles. The molecule has 2 aliphatic carbocycles. The van der Waals surface area contributed by atoms with Gasteiger partial charge in [-0.15, -0.1) is 0 Å². The lowest BCUT2D eigenvalue weighted by Crippen LogP contribution is -2.36. The van der Waals surface area contributed by atoms with Crippen molar-refractivity contribution in [2.45, 2.75) is 52.4 Å². The van der Waals surface area contributed by atoms with E-state index in [1.165, 1.54) is 25.7 Å². The number of rotatable bonds is 5. The second-order valence-electron chi connectivity index (χ2n) is 6.18. The predicted molar refractivity (Wildman–Crippen MR) is 66.0 cm³/mol. The molecule has 92 valence electrons. The lowest BCUT2D eigenvalue weighted by atomic mass is 9.76. The van der Waals surface area contributed by atoms with E-state index < -0.39 is 0 Å². The van der Waals surface area contributed by atoms with E-state index in [1.807, 2.05) is 6.92 Å². The smallest absolute Gasteiger partial charge is 0.140 e. The van der Waals surface area contributed by atoms with Crippen molar-refractivity contribution in [3.8, 4) is 0 Å². The molecule has 0 saturated heterocycles. The molecule has 4 unspecified atom stereocenters. The molecule has 2 aliphatic rings. The van der Waals surface area contributed by atoms with Crippen molar-refractivity contribution < 1.29 is 4.79 Å². The standard InChI is InChI=1S/C14H25NO/c1-3-14(2,9-15)13(16)8-12-7-10-4-5-11(12)6-10/h10-12H,3-9,15H2,1-2H3. The monoisotopic (exact) mass is 223 g/mol. The van der Waals surface area contributed by atoms with E-state index in [2.05, 4.69) is 6.92 Å². The molecule has 16 heavy (non-hydrogen) atoms. The Bertz CT molecular complexity index is 270. The van der Waals surface area contributed by atoms with Gasteiger partial charge in [0.15, 0.2) is 0 Å². The van der Waals surface area contributed by atoms with Crippen molar-refractivity contribution in [3.05, 3.63) is 0 Å². The molecule has 0 radical (unpaired) electrons. The van der Waals surface area contributed by atoms with Crippen molar-refractivity contribution in [2.75, 3.05) is 6.54 Å². The molecule has 0 amide bonds. The van der Waals surface area contributed by atoms with Crippen molar-refractivity contribution in [2.24, 2.45) is 28.9 Å². The van der Waals surface area contributed by atoms with Gasteiger partial charge in [0.05, 0.1) is 0 Å². The Labute approximate surface area is 99.0 Å². The largest absolute Gasteiger partial charge is 0.329 e. The summed E-state index contributed by atoms with van der Waals surface area (Å²) in [6.45, 7) is 4.61. The maximum atomic E-state index is 12.3. The number of fused-ring (bicyclic) bond motifs is 2. The minimum absolute atomic E-state index is 0.262. The van der Waals surface area contributed by atoms with Gasteiger partial charge in [-0.2, -0.15) is 0 Å². The van der Waals surface area contributed by atoms with E-state index in [1.54, 1.807) is 0 Å². The van der Waals surface area contributed by atoms with Crippen molar-refractivity contribution in [1.82, 2.24) is 0 Å². The highest BCUT2D eigenvalue weighted by Gasteiger charge is 2.42. The van der Waals surface area contributed by atoms with Crippen LogP contribution in [0, 0.1) is 23.2 Å². The van der Waals surface area contributed by atoms with E-state index in [4.69, 9.17) is 5.73 Å². The zero-order valence-electron chi connectivity index (χ0n) is 10.7. The van der Waals surface area contributed by atoms with E-state index in [9.17, 15) is 4.79 Å². The number of nitrogens with two attached hydrogens (primary N) is 1. The summed E-state index contributed by atoms with van der Waals surface area (Å²) in [5.74, 6) is 2.89. The van der Waals surface area contributed by atoms with Gasteiger partial charge in [-0.3, -0.25) is 4.79 Å². The average molecular weight is 223 g/mol. The molecule has 2 saturated carbocycles. The van der Waals surface area contributed by atoms with Gasteiger partial charge in [0, 0.05) is 18.4 Å². The summed E-state index contributed by atoms with van der Waals surface area (Å²) in [4.78, 5) is 12.3. The molecule has 2 fully saturated rings. The van der Waals surface area contributed by atoms with Crippen LogP contribution in [-0.2, 0) is 4.79 Å². The normalized spacial score (nSPS) is 36.3. The lowest BCUT2D eigenvalue weighted by molar-refractivity contribution is -0.129. The molecule has 0 aromatic heterocycles. The molecular weight excluding hydrogens is 198 g/mol. The van der Waals surface area contributed by atoms with Crippen molar-refractivity contribution in [3.63, 3.8) is 0 Å². The zero-order chi connectivity index (χ0) is 11.8. The van der Waals surface area contributed by atoms with Crippen LogP contribution in [0.15, 0.2) is 0 Å². The predicted octanol–water partition coefficient (Wildman–Crippen LogP) is 2.76. The van der Waals surface area contributed by atoms with Crippen LogP contribution in [0.5, 0.6) is 0 Å². The van der Waals surface area contributed by atoms with Gasteiger partial charge < -0.3 is 5.73 Å². The van der Waals surface area contributed by atoms with Gasteiger partial charge in [-0.25, -0.2) is 0 Å². The fourth-order valence-electron chi connectivity index (χ4n) is 3.57. The zero-order valence-corrected chi connectivity index (χ0v) is 10.7. The van der Waals surface area contributed by atoms with Crippen LogP contribution in [0.1, 0.15) is 52.4 Å². The summed E-state index contributed by atoms with van der Waals surface area (Å²) in [5, 5.41) is 0. The molecule has 0 spiro atoms. The summed E-state index contributed by atoms with van der Waals surface area (Å²) in [5.41, 5.74) is 5.49. The number of carbonyl (C=O) groups excluding carboxylic acids is 1. The van der Waals surface area contributed by atoms with Gasteiger partial charge in [0.1, 0.15) is 5.78 Å². The first-order chi connectivity index (χ1) is 7.59. The van der Waals surface area contributed by atoms with Gasteiger partial charge in [-0.05, 0) is 43.4 Å². The minimum atomic E-state index is -0.262. The first kappa shape index (κ1) is 12.1. The molecule has 2 nitrogen and oxygen atoms in total. The first-order valence-electron chi connectivity index (χ1n) is 6.82. The van der Waals surface area contributed by atoms with Gasteiger partial charge in [0.2, 0.25) is 0 Å². The summed E-state index contributed by atoms with van der Waals surface area (Å²) in [6.07, 6.45) is 7.15. The Kier molecular flexibility index (Phi) is 3.39. The van der Waals surface area contributed by atoms with E-state index in [0.29, 0.717) is 18.2 Å². The van der Waals surface area contributed by atoms with Crippen molar-refractivity contribution >= 4 is 5.78 Å². The Balaban J connectivity index is 1.92. The Morgan fingerprint density at radius 1 is 1.38 bits per heavy atom. The topological polar surface area (TPSA) is 43.1 Å². The fraction of sp³-hybridized carbons (Fsp3) is 0.929. The molecule has 4 atom stereocenters. The maximum absolute atomic E-state index is 12.3. The molecule has 2 bridgehead atoms. The Morgan fingerprint density at radius 3 is 2.56 bits per heavy atom. The second-order valence-corrected chi connectivity index (χ2v) is 6.18. The van der Waals surface area contributed by atoms with Gasteiger partial charge in [-0.1, -0.05) is 20.3 Å². The van der Waals surface area contributed by atoms with Crippen LogP contribution in [0.2, 0.25) is 0 Å². The van der Waals surface area contributed by atoms with Gasteiger partial charge >= 0.3 is 0 Å². The summed E-state index contributed by atoms with van der Waals surface area (Å²) in [7, 11) is 0. The van der Waals surface area contributed by atoms with Gasteiger partial charge in [0.25, 0.3) is 0 Å². The lowest BCUT2D eigenvalue weighted by Gasteiger charge is -2.28. The summed E-state index contributed by atoms with van der Waals surface area (Å²) >= 11 is 0. The van der Waals surface area contributed by atoms with E-state index >= 15 is 0 Å². The van der Waals surface area contributed by atoms with E-state index in [0.717, 1.165) is 24.7 Å². The highest BCUT2D eigenvalue weighted by Crippen LogP contribution is 2.50. The van der Waals surface area contributed by atoms with Crippen LogP contribution < -0.4 is 5.73 Å². The third-order valence-electron chi connectivity index (χ3n) is 5.24. The number of carbonyl (C=O) groups is 1. The number of ketones is 1. The van der Waals surface area contributed by atoms with Crippen LogP contribution >= 0.6 is 0 Å². The third-order valence-corrected chi connectivity index (χ3v) is 5.24. The third kappa shape index (κ3) is 2.04. The molecule has 0 heterocycles. The molecule has 2 heteroatoms. The fourth-order valence-corrected chi connectivity index (χ4v) is 3.57. The number of hydrogen-bond acceptors (Lipinski definition) is 2. The highest BCUT2D eigenvalue weighted by atomic mass is 16.1. The van der Waals surface area contributed by atoms with Crippen LogP contribution in [0.25, 0.3) is 0 Å². The molecule has 0 aliphatic heterocycles. The maximum Gasteiger partial charge on any atom is 0.140 e. The molecular formula is C14H25NO. The minimum Gasteiger partial charge on any atom is -0.329 e.